The minimum atomic E-state index is -0.332. The molecule has 0 fully saturated rings. The van der Waals surface area contributed by atoms with Crippen molar-refractivity contribution in [3.63, 3.8) is 0 Å². The van der Waals surface area contributed by atoms with Crippen LogP contribution in [0.3, 0.4) is 0 Å². The summed E-state index contributed by atoms with van der Waals surface area (Å²) in [6.07, 6.45) is 6.81. The van der Waals surface area contributed by atoms with Gasteiger partial charge in [-0.15, -0.1) is 0 Å². The highest BCUT2D eigenvalue weighted by atomic mass is 19.1. The van der Waals surface area contributed by atoms with Crippen LogP contribution in [0.2, 0.25) is 0 Å². The van der Waals surface area contributed by atoms with Gasteiger partial charge in [0.15, 0.2) is 5.76 Å². The van der Waals surface area contributed by atoms with Gasteiger partial charge in [0.1, 0.15) is 23.9 Å². The molecule has 3 heterocycles. The molecule has 0 saturated carbocycles. The van der Waals surface area contributed by atoms with Gasteiger partial charge in [-0.25, -0.2) is 4.39 Å². The Labute approximate surface area is 178 Å². The lowest BCUT2D eigenvalue weighted by atomic mass is 10.2. The summed E-state index contributed by atoms with van der Waals surface area (Å²) < 4.78 is 24.3. The first-order valence-electron chi connectivity index (χ1n) is 9.71. The van der Waals surface area contributed by atoms with E-state index in [1.807, 2.05) is 24.3 Å². The Hall–Kier alpha value is -4.00. The lowest BCUT2D eigenvalue weighted by Gasteiger charge is -2.22. The average Bonchev–Trinajstić information content (AvgIpc) is 3.28. The first kappa shape index (κ1) is 20.3. The molecule has 0 spiro atoms. The fraction of sp³-hybridized carbons (Fsp3) is 0.125. The molecule has 0 bridgehead atoms. The Bertz CT molecular complexity index is 1070. The highest BCUT2D eigenvalue weighted by molar-refractivity contribution is 5.91. The van der Waals surface area contributed by atoms with Gasteiger partial charge in [-0.2, -0.15) is 0 Å². The van der Waals surface area contributed by atoms with Gasteiger partial charge in [0.05, 0.1) is 0 Å². The molecular formula is C24H20FN3O3. The van der Waals surface area contributed by atoms with Crippen LogP contribution >= 0.6 is 0 Å². The molecule has 1 aromatic carbocycles. The van der Waals surface area contributed by atoms with Crippen LogP contribution in [0.5, 0.6) is 5.75 Å². The number of rotatable bonds is 8. The molecular weight excluding hydrogens is 397 g/mol. The lowest BCUT2D eigenvalue weighted by molar-refractivity contribution is 0.0693. The number of pyridine rings is 2. The molecule has 0 radical (unpaired) electrons. The summed E-state index contributed by atoms with van der Waals surface area (Å²) in [4.78, 5) is 23.0. The fourth-order valence-corrected chi connectivity index (χ4v) is 3.03. The van der Waals surface area contributed by atoms with E-state index in [1.165, 1.54) is 24.3 Å². The van der Waals surface area contributed by atoms with Crippen molar-refractivity contribution in [1.82, 2.24) is 14.9 Å². The summed E-state index contributed by atoms with van der Waals surface area (Å²) in [5, 5.41) is 0. The minimum absolute atomic E-state index is 0.131. The zero-order valence-electron chi connectivity index (χ0n) is 16.6. The largest absolute Gasteiger partial charge is 0.486 e. The Morgan fingerprint density at radius 1 is 0.903 bits per heavy atom. The maximum atomic E-state index is 13.2. The van der Waals surface area contributed by atoms with E-state index in [-0.39, 0.29) is 24.1 Å². The molecule has 0 unspecified atom stereocenters. The van der Waals surface area contributed by atoms with Crippen molar-refractivity contribution in [1.29, 1.82) is 0 Å². The third-order valence-electron chi connectivity index (χ3n) is 4.57. The molecule has 0 N–H and O–H groups in total. The molecule has 0 atom stereocenters. The highest BCUT2D eigenvalue weighted by Gasteiger charge is 2.20. The molecule has 0 aliphatic rings. The zero-order valence-corrected chi connectivity index (χ0v) is 16.6. The molecule has 4 aromatic rings. The zero-order chi connectivity index (χ0) is 21.5. The summed E-state index contributed by atoms with van der Waals surface area (Å²) in [7, 11) is 0. The Kier molecular flexibility index (Phi) is 6.32. The number of amides is 1. The van der Waals surface area contributed by atoms with Crippen LogP contribution in [-0.4, -0.2) is 20.8 Å². The topological polar surface area (TPSA) is 68.5 Å². The SMILES string of the molecule is O=C(c1ccc(COc2ccc(F)cc2)o1)N(Cc1ccncc1)Cc1cccnc1. The van der Waals surface area contributed by atoms with E-state index in [2.05, 4.69) is 9.97 Å². The van der Waals surface area contributed by atoms with Gasteiger partial charge in [0.25, 0.3) is 5.91 Å². The highest BCUT2D eigenvalue weighted by Crippen LogP contribution is 2.18. The Morgan fingerprint density at radius 3 is 2.42 bits per heavy atom. The van der Waals surface area contributed by atoms with E-state index in [9.17, 15) is 9.18 Å². The van der Waals surface area contributed by atoms with Crippen LogP contribution in [0.25, 0.3) is 0 Å². The number of furan rings is 1. The standard InChI is InChI=1S/C24H20FN3O3/c25-20-3-5-21(6-4-20)30-17-22-7-8-23(31-22)24(29)28(15-18-9-12-26-13-10-18)16-19-2-1-11-27-14-19/h1-14H,15-17H2. The second-order valence-corrected chi connectivity index (χ2v) is 6.89. The van der Waals surface area contributed by atoms with E-state index in [0.717, 1.165) is 11.1 Å². The predicted molar refractivity (Wildman–Crippen MR) is 111 cm³/mol. The summed E-state index contributed by atoms with van der Waals surface area (Å²) in [6, 6.07) is 16.5. The van der Waals surface area contributed by atoms with Gasteiger partial charge < -0.3 is 14.1 Å². The lowest BCUT2D eigenvalue weighted by Crippen LogP contribution is -2.30. The number of ether oxygens (including phenoxy) is 1. The molecule has 0 saturated heterocycles. The first-order valence-corrected chi connectivity index (χ1v) is 9.71. The van der Waals surface area contributed by atoms with Crippen LogP contribution in [0.1, 0.15) is 27.4 Å². The number of hydrogen-bond acceptors (Lipinski definition) is 5. The molecule has 156 valence electrons. The van der Waals surface area contributed by atoms with E-state index < -0.39 is 0 Å². The van der Waals surface area contributed by atoms with Crippen LogP contribution in [0.4, 0.5) is 4.39 Å². The third-order valence-corrected chi connectivity index (χ3v) is 4.57. The number of hydrogen-bond donors (Lipinski definition) is 0. The van der Waals surface area contributed by atoms with Crippen molar-refractivity contribution in [2.75, 3.05) is 0 Å². The molecule has 0 aliphatic heterocycles. The summed E-state index contributed by atoms with van der Waals surface area (Å²) in [6.45, 7) is 0.918. The summed E-state index contributed by atoms with van der Waals surface area (Å²) in [5.74, 6) is 0.657. The van der Waals surface area contributed by atoms with Gasteiger partial charge in [-0.05, 0) is 65.7 Å². The summed E-state index contributed by atoms with van der Waals surface area (Å²) >= 11 is 0. The van der Waals surface area contributed by atoms with Crippen molar-refractivity contribution in [2.24, 2.45) is 0 Å². The maximum absolute atomic E-state index is 13.2. The van der Waals surface area contributed by atoms with Crippen molar-refractivity contribution in [3.8, 4) is 5.75 Å². The quantitative estimate of drug-likeness (QED) is 0.418. The fourth-order valence-electron chi connectivity index (χ4n) is 3.03. The predicted octanol–water partition coefficient (Wildman–Crippen LogP) is 4.63. The van der Waals surface area contributed by atoms with Gasteiger partial charge in [-0.3, -0.25) is 14.8 Å². The molecule has 6 nitrogen and oxygen atoms in total. The number of aromatic nitrogens is 2. The number of benzene rings is 1. The number of carbonyl (C=O) groups is 1. The van der Waals surface area contributed by atoms with Crippen molar-refractivity contribution in [2.45, 2.75) is 19.7 Å². The first-order chi connectivity index (χ1) is 15.2. The average molecular weight is 417 g/mol. The van der Waals surface area contributed by atoms with E-state index >= 15 is 0 Å². The van der Waals surface area contributed by atoms with E-state index in [0.29, 0.717) is 24.6 Å². The van der Waals surface area contributed by atoms with Gasteiger partial charge >= 0.3 is 0 Å². The number of carbonyl (C=O) groups excluding carboxylic acids is 1. The molecule has 31 heavy (non-hydrogen) atoms. The van der Waals surface area contributed by atoms with Gasteiger partial charge in [-0.1, -0.05) is 6.07 Å². The van der Waals surface area contributed by atoms with Crippen LogP contribution in [-0.2, 0) is 19.7 Å². The second kappa shape index (κ2) is 9.67. The minimum Gasteiger partial charge on any atom is -0.486 e. The monoisotopic (exact) mass is 417 g/mol. The molecule has 4 rings (SSSR count). The number of halogens is 1. The van der Waals surface area contributed by atoms with Gasteiger partial charge in [0, 0.05) is 37.9 Å². The normalized spacial score (nSPS) is 10.6. The van der Waals surface area contributed by atoms with Crippen molar-refractivity contribution < 1.29 is 18.3 Å². The van der Waals surface area contributed by atoms with Crippen LogP contribution in [0, 0.1) is 5.82 Å². The molecule has 0 aliphatic carbocycles. The Morgan fingerprint density at radius 2 is 1.68 bits per heavy atom. The smallest absolute Gasteiger partial charge is 0.290 e. The third kappa shape index (κ3) is 5.54. The molecule has 7 heteroatoms. The van der Waals surface area contributed by atoms with Crippen LogP contribution in [0.15, 0.2) is 89.9 Å². The van der Waals surface area contributed by atoms with Gasteiger partial charge in [0.2, 0.25) is 0 Å². The molecule has 1 amide bonds. The molecule has 3 aromatic heterocycles. The maximum Gasteiger partial charge on any atom is 0.290 e. The summed E-state index contributed by atoms with van der Waals surface area (Å²) in [5.41, 5.74) is 1.87. The van der Waals surface area contributed by atoms with Crippen molar-refractivity contribution in [3.05, 3.63) is 114 Å². The Balaban J connectivity index is 1.47. The van der Waals surface area contributed by atoms with Crippen molar-refractivity contribution >= 4 is 5.91 Å². The van der Waals surface area contributed by atoms with E-state index in [4.69, 9.17) is 9.15 Å². The van der Waals surface area contributed by atoms with E-state index in [1.54, 1.807) is 41.8 Å². The number of nitrogens with zero attached hydrogens (tertiary/aromatic N) is 3. The second-order valence-electron chi connectivity index (χ2n) is 6.89. The van der Waals surface area contributed by atoms with Crippen LogP contribution < -0.4 is 4.74 Å².